The third-order valence-corrected chi connectivity index (χ3v) is 7.46. The van der Waals surface area contributed by atoms with E-state index in [-0.39, 0.29) is 20.7 Å². The van der Waals surface area contributed by atoms with Crippen LogP contribution in [0, 0.1) is 5.82 Å². The van der Waals surface area contributed by atoms with Crippen molar-refractivity contribution in [2.45, 2.75) is 42.7 Å². The van der Waals surface area contributed by atoms with Gasteiger partial charge in [-0.05, 0) is 57.2 Å². The maximum absolute atomic E-state index is 13.9. The Morgan fingerprint density at radius 2 is 1.71 bits per heavy atom. The molecule has 2 aromatic carbocycles. The smallest absolute Gasteiger partial charge is 0.410 e. The Balaban J connectivity index is 1.60. The summed E-state index contributed by atoms with van der Waals surface area (Å²) in [6.45, 7) is 4.09. The average molecular weight is 510 g/mol. The second-order valence-electron chi connectivity index (χ2n) is 9.29. The van der Waals surface area contributed by atoms with Gasteiger partial charge in [0.25, 0.3) is 0 Å². The van der Waals surface area contributed by atoms with Crippen LogP contribution in [0.5, 0.6) is 0 Å². The van der Waals surface area contributed by atoms with Crippen LogP contribution >= 0.6 is 0 Å². The molecule has 35 heavy (non-hydrogen) atoms. The second kappa shape index (κ2) is 9.10. The molecule has 7 nitrogen and oxygen atoms in total. The Labute approximate surface area is 201 Å². The van der Waals surface area contributed by atoms with E-state index >= 15 is 0 Å². The normalized spacial score (nSPS) is 15.2. The molecule has 2 heterocycles. The molecule has 1 fully saturated rings. The molecule has 11 heteroatoms. The van der Waals surface area contributed by atoms with E-state index in [1.807, 2.05) is 4.90 Å². The number of hydrogen-bond acceptors (Lipinski definition) is 5. The number of ether oxygens (including phenoxy) is 1. The van der Waals surface area contributed by atoms with Crippen molar-refractivity contribution in [3.63, 3.8) is 0 Å². The molecule has 0 unspecified atom stereocenters. The lowest BCUT2D eigenvalue weighted by molar-refractivity contribution is 0.0240. The van der Waals surface area contributed by atoms with Gasteiger partial charge in [0.15, 0.2) is 0 Å². The van der Waals surface area contributed by atoms with Gasteiger partial charge in [0, 0.05) is 43.4 Å². The van der Waals surface area contributed by atoms with Crippen molar-refractivity contribution in [3.05, 3.63) is 54.5 Å². The number of aromatic nitrogens is 1. The predicted octanol–water partition coefficient (Wildman–Crippen LogP) is 5.07. The minimum atomic E-state index is -4.23. The molecule has 0 atom stereocenters. The number of rotatable bonds is 4. The maximum atomic E-state index is 13.9. The molecule has 0 N–H and O–H groups in total. The fourth-order valence-corrected chi connectivity index (χ4v) is 5.51. The first kappa shape index (κ1) is 24.9. The average Bonchev–Trinajstić information content (AvgIpc) is 3.18. The SMILES string of the molecule is CC(C)(C)OC(=O)N1CCN(c2cccc(S(=O)(=O)c3cn(C(F)F)c4ccc(F)cc34)c2)CC1. The van der Waals surface area contributed by atoms with Gasteiger partial charge in [0.05, 0.1) is 15.3 Å². The summed E-state index contributed by atoms with van der Waals surface area (Å²) in [5.41, 5.74) is -0.0686. The Kier molecular flexibility index (Phi) is 6.48. The molecule has 188 valence electrons. The first-order chi connectivity index (χ1) is 16.4. The molecule has 1 saturated heterocycles. The molecule has 0 saturated carbocycles. The van der Waals surface area contributed by atoms with E-state index in [1.54, 1.807) is 37.8 Å². The zero-order valence-electron chi connectivity index (χ0n) is 19.5. The largest absolute Gasteiger partial charge is 0.444 e. The number of fused-ring (bicyclic) bond motifs is 1. The first-order valence-electron chi connectivity index (χ1n) is 11.0. The van der Waals surface area contributed by atoms with Crippen LogP contribution in [0.1, 0.15) is 27.3 Å². The minimum absolute atomic E-state index is 0.0746. The standard InChI is InChI=1S/C24H26F3N3O4S/c1-24(2,3)34-23(31)29-11-9-28(10-12-29)17-5-4-6-18(14-17)35(32,33)21-15-30(22(26)27)20-8-7-16(25)13-19(20)21/h4-8,13-15,22H,9-12H2,1-3H3. The van der Waals surface area contributed by atoms with Gasteiger partial charge in [0.1, 0.15) is 11.4 Å². The lowest BCUT2D eigenvalue weighted by atomic mass is 10.2. The van der Waals surface area contributed by atoms with E-state index in [2.05, 4.69) is 0 Å². The summed E-state index contributed by atoms with van der Waals surface area (Å²) in [4.78, 5) is 15.3. The Hall–Kier alpha value is -3.21. The van der Waals surface area contributed by atoms with E-state index < -0.39 is 33.9 Å². The van der Waals surface area contributed by atoms with Crippen molar-refractivity contribution < 1.29 is 31.1 Å². The van der Waals surface area contributed by atoms with Crippen LogP contribution in [0.4, 0.5) is 23.7 Å². The number of alkyl halides is 2. The molecule has 1 aromatic heterocycles. The number of sulfone groups is 1. The number of benzene rings is 2. The molecule has 1 amide bonds. The molecule has 0 radical (unpaired) electrons. The quantitative estimate of drug-likeness (QED) is 0.491. The summed E-state index contributed by atoms with van der Waals surface area (Å²) in [6, 6.07) is 9.23. The minimum Gasteiger partial charge on any atom is -0.444 e. The van der Waals surface area contributed by atoms with E-state index in [9.17, 15) is 26.4 Å². The van der Waals surface area contributed by atoms with E-state index in [0.717, 1.165) is 24.4 Å². The van der Waals surface area contributed by atoms with Crippen molar-refractivity contribution in [3.8, 4) is 0 Å². The molecule has 1 aliphatic rings. The highest BCUT2D eigenvalue weighted by Gasteiger charge is 2.28. The van der Waals surface area contributed by atoms with Crippen molar-refractivity contribution in [1.82, 2.24) is 9.47 Å². The van der Waals surface area contributed by atoms with Gasteiger partial charge in [0.2, 0.25) is 9.84 Å². The highest BCUT2D eigenvalue weighted by molar-refractivity contribution is 7.91. The predicted molar refractivity (Wildman–Crippen MR) is 125 cm³/mol. The van der Waals surface area contributed by atoms with Crippen LogP contribution in [-0.2, 0) is 14.6 Å². The van der Waals surface area contributed by atoms with Gasteiger partial charge in [-0.2, -0.15) is 8.78 Å². The van der Waals surface area contributed by atoms with Crippen molar-refractivity contribution in [2.24, 2.45) is 0 Å². The maximum Gasteiger partial charge on any atom is 0.410 e. The van der Waals surface area contributed by atoms with Gasteiger partial charge >= 0.3 is 12.6 Å². The number of nitrogens with zero attached hydrogens (tertiary/aromatic N) is 3. The highest BCUT2D eigenvalue weighted by atomic mass is 32.2. The van der Waals surface area contributed by atoms with E-state index in [4.69, 9.17) is 4.74 Å². The number of anilines is 1. The third kappa shape index (κ3) is 5.09. The Morgan fingerprint density at radius 3 is 2.34 bits per heavy atom. The molecule has 0 aliphatic carbocycles. The number of carbonyl (C=O) groups excluding carboxylic acids is 1. The van der Waals surface area contributed by atoms with Crippen molar-refractivity contribution in [2.75, 3.05) is 31.1 Å². The van der Waals surface area contributed by atoms with Crippen molar-refractivity contribution >= 4 is 32.5 Å². The summed E-state index contributed by atoms with van der Waals surface area (Å²) in [5, 5.41) is -0.110. The zero-order chi connectivity index (χ0) is 25.5. The number of halogens is 3. The van der Waals surface area contributed by atoms with Gasteiger partial charge in [-0.1, -0.05) is 6.07 Å². The van der Waals surface area contributed by atoms with E-state index in [1.165, 1.54) is 12.1 Å². The fourth-order valence-electron chi connectivity index (χ4n) is 4.02. The van der Waals surface area contributed by atoms with Crippen LogP contribution in [0.25, 0.3) is 10.9 Å². The summed E-state index contributed by atoms with van der Waals surface area (Å²) < 4.78 is 73.7. The zero-order valence-corrected chi connectivity index (χ0v) is 20.4. The molecule has 0 bridgehead atoms. The summed E-state index contributed by atoms with van der Waals surface area (Å²) >= 11 is 0. The van der Waals surface area contributed by atoms with Gasteiger partial charge in [-0.25, -0.2) is 17.6 Å². The van der Waals surface area contributed by atoms with Gasteiger partial charge in [-0.15, -0.1) is 0 Å². The molecular weight excluding hydrogens is 483 g/mol. The van der Waals surface area contributed by atoms with Gasteiger partial charge < -0.3 is 14.5 Å². The number of amides is 1. The highest BCUT2D eigenvalue weighted by Crippen LogP contribution is 2.34. The van der Waals surface area contributed by atoms with Gasteiger partial charge in [-0.3, -0.25) is 4.57 Å². The van der Waals surface area contributed by atoms with Crippen molar-refractivity contribution in [1.29, 1.82) is 0 Å². The van der Waals surface area contributed by atoms with Crippen LogP contribution in [0.3, 0.4) is 0 Å². The molecule has 4 rings (SSSR count). The van der Waals surface area contributed by atoms with Crippen LogP contribution in [0.2, 0.25) is 0 Å². The lowest BCUT2D eigenvalue weighted by Gasteiger charge is -2.36. The van der Waals surface area contributed by atoms with E-state index in [0.29, 0.717) is 36.4 Å². The third-order valence-electron chi connectivity index (χ3n) is 5.68. The summed E-state index contributed by atoms with van der Waals surface area (Å²) in [7, 11) is -4.23. The Bertz CT molecular complexity index is 1360. The monoisotopic (exact) mass is 509 g/mol. The molecule has 0 spiro atoms. The van der Waals surface area contributed by atoms with Crippen LogP contribution < -0.4 is 4.90 Å². The molecular formula is C24H26F3N3O4S. The number of hydrogen-bond donors (Lipinski definition) is 0. The first-order valence-corrected chi connectivity index (χ1v) is 12.5. The second-order valence-corrected chi connectivity index (χ2v) is 11.2. The summed E-state index contributed by atoms with van der Waals surface area (Å²) in [5.74, 6) is -0.724. The topological polar surface area (TPSA) is 71.8 Å². The molecule has 1 aliphatic heterocycles. The lowest BCUT2D eigenvalue weighted by Crippen LogP contribution is -2.50. The number of carbonyl (C=O) groups is 1. The number of piperazine rings is 1. The van der Waals surface area contributed by atoms with Crippen LogP contribution in [-0.4, -0.2) is 55.8 Å². The fraction of sp³-hybridized carbons (Fsp3) is 0.375. The van der Waals surface area contributed by atoms with Crippen LogP contribution in [0.15, 0.2) is 58.5 Å². The Morgan fingerprint density at radius 1 is 1.03 bits per heavy atom. The molecule has 3 aromatic rings. The summed E-state index contributed by atoms with van der Waals surface area (Å²) in [6.07, 6.45) is 0.437.